The fourth-order valence-corrected chi connectivity index (χ4v) is 3.53. The van der Waals surface area contributed by atoms with Gasteiger partial charge in [0.05, 0.1) is 11.6 Å². The molecule has 1 aliphatic rings. The molecule has 144 valence electrons. The van der Waals surface area contributed by atoms with E-state index in [0.717, 1.165) is 5.56 Å². The molecular weight excluding hydrogens is 368 g/mol. The van der Waals surface area contributed by atoms with Crippen LogP contribution in [0.3, 0.4) is 0 Å². The van der Waals surface area contributed by atoms with Crippen LogP contribution in [-0.4, -0.2) is 31.8 Å². The average molecular weight is 386 g/mol. The Morgan fingerprint density at radius 3 is 2.38 bits per heavy atom. The van der Waals surface area contributed by atoms with E-state index in [1.54, 1.807) is 24.3 Å². The molecule has 6 heteroatoms. The topological polar surface area (TPSA) is 90.7 Å². The number of likely N-dealkylation sites (tertiary alicyclic amines) is 1. The Bertz CT molecular complexity index is 1090. The van der Waals surface area contributed by atoms with Crippen molar-refractivity contribution < 1.29 is 19.8 Å². The molecule has 1 unspecified atom stereocenters. The molecule has 3 aromatic rings. The van der Waals surface area contributed by atoms with Crippen molar-refractivity contribution in [3.8, 4) is 5.75 Å². The lowest BCUT2D eigenvalue weighted by Gasteiger charge is -2.25. The monoisotopic (exact) mass is 386 g/mol. The van der Waals surface area contributed by atoms with Crippen LogP contribution >= 0.6 is 0 Å². The van der Waals surface area contributed by atoms with Crippen LogP contribution in [0, 0.1) is 0 Å². The first-order valence-electron chi connectivity index (χ1n) is 9.08. The molecule has 2 N–H and O–H groups in total. The predicted octanol–water partition coefficient (Wildman–Crippen LogP) is 3.41. The Morgan fingerprint density at radius 1 is 0.966 bits per heavy atom. The molecule has 4 rings (SSSR count). The third kappa shape index (κ3) is 3.48. The van der Waals surface area contributed by atoms with E-state index >= 15 is 0 Å². The highest BCUT2D eigenvalue weighted by Gasteiger charge is 2.46. The summed E-state index contributed by atoms with van der Waals surface area (Å²) in [6, 6.07) is 18.0. The van der Waals surface area contributed by atoms with Gasteiger partial charge in [0, 0.05) is 24.5 Å². The zero-order valence-corrected chi connectivity index (χ0v) is 15.4. The number of amides is 1. The fourth-order valence-electron chi connectivity index (χ4n) is 3.53. The van der Waals surface area contributed by atoms with Crippen molar-refractivity contribution in [1.29, 1.82) is 0 Å². The highest BCUT2D eigenvalue weighted by Crippen LogP contribution is 2.40. The molecule has 0 bridgehead atoms. The van der Waals surface area contributed by atoms with Gasteiger partial charge in [-0.05, 0) is 35.4 Å². The summed E-state index contributed by atoms with van der Waals surface area (Å²) in [7, 11) is 0. The largest absolute Gasteiger partial charge is 0.508 e. The molecule has 1 saturated heterocycles. The second kappa shape index (κ2) is 7.59. The Hall–Kier alpha value is -3.93. The summed E-state index contributed by atoms with van der Waals surface area (Å²) >= 11 is 0. The van der Waals surface area contributed by atoms with Gasteiger partial charge in [-0.25, -0.2) is 0 Å². The molecule has 0 aliphatic carbocycles. The molecule has 1 aromatic heterocycles. The van der Waals surface area contributed by atoms with Gasteiger partial charge in [-0.3, -0.25) is 14.6 Å². The molecule has 0 spiro atoms. The van der Waals surface area contributed by atoms with E-state index < -0.39 is 17.7 Å². The summed E-state index contributed by atoms with van der Waals surface area (Å²) < 4.78 is 0. The number of ketones is 1. The number of aromatic hydroxyl groups is 1. The number of carbonyl (C=O) groups is 2. The van der Waals surface area contributed by atoms with Crippen molar-refractivity contribution in [3.05, 3.63) is 101 Å². The minimum absolute atomic E-state index is 0.0108. The van der Waals surface area contributed by atoms with E-state index in [1.165, 1.54) is 29.4 Å². The molecule has 6 nitrogen and oxygen atoms in total. The third-order valence-electron chi connectivity index (χ3n) is 4.88. The molecule has 1 aliphatic heterocycles. The van der Waals surface area contributed by atoms with Gasteiger partial charge in [-0.1, -0.05) is 42.5 Å². The summed E-state index contributed by atoms with van der Waals surface area (Å²) in [6.07, 6.45) is 3.00. The summed E-state index contributed by atoms with van der Waals surface area (Å²) in [5.41, 5.74) is 1.77. The van der Waals surface area contributed by atoms with Crippen molar-refractivity contribution in [1.82, 2.24) is 9.88 Å². The Morgan fingerprint density at radius 2 is 1.69 bits per heavy atom. The second-order valence-corrected chi connectivity index (χ2v) is 6.74. The van der Waals surface area contributed by atoms with E-state index in [-0.39, 0.29) is 23.6 Å². The lowest BCUT2D eigenvalue weighted by molar-refractivity contribution is -0.140. The maximum Gasteiger partial charge on any atom is 0.295 e. The van der Waals surface area contributed by atoms with Gasteiger partial charge in [-0.2, -0.15) is 0 Å². The fraction of sp³-hybridized carbons (Fsp3) is 0.0870. The molecule has 1 amide bonds. The molecule has 1 fully saturated rings. The standard InChI is InChI=1S/C23H18N2O4/c26-18-8-4-7-17(13-18)20-19(21(27)16-9-11-24-12-10-16)22(28)23(29)25(20)14-15-5-2-1-3-6-15/h1-13,20,26-27H,14H2/b21-19+. The van der Waals surface area contributed by atoms with Crippen LogP contribution in [0.15, 0.2) is 84.7 Å². The van der Waals surface area contributed by atoms with Crippen LogP contribution < -0.4 is 0 Å². The molecule has 2 heterocycles. The minimum Gasteiger partial charge on any atom is -0.508 e. The minimum atomic E-state index is -0.824. The van der Waals surface area contributed by atoms with E-state index in [0.29, 0.717) is 11.1 Å². The van der Waals surface area contributed by atoms with Gasteiger partial charge < -0.3 is 15.1 Å². The van der Waals surface area contributed by atoms with E-state index in [1.807, 2.05) is 30.3 Å². The average Bonchev–Trinajstić information content (AvgIpc) is 2.99. The molecule has 0 saturated carbocycles. The SMILES string of the molecule is O=C1C(=O)N(Cc2ccccc2)C(c2cccc(O)c2)/C1=C(\O)c1ccncc1. The molecule has 1 atom stereocenters. The van der Waals surface area contributed by atoms with Crippen LogP contribution in [0.2, 0.25) is 0 Å². The third-order valence-corrected chi connectivity index (χ3v) is 4.88. The van der Waals surface area contributed by atoms with Gasteiger partial charge >= 0.3 is 0 Å². The van der Waals surface area contributed by atoms with Gasteiger partial charge in [0.15, 0.2) is 0 Å². The van der Waals surface area contributed by atoms with Gasteiger partial charge in [0.1, 0.15) is 11.5 Å². The first-order chi connectivity index (χ1) is 14.1. The van der Waals surface area contributed by atoms with E-state index in [2.05, 4.69) is 4.98 Å². The van der Waals surface area contributed by atoms with Crippen molar-refractivity contribution in [2.75, 3.05) is 0 Å². The van der Waals surface area contributed by atoms with Crippen molar-refractivity contribution in [3.63, 3.8) is 0 Å². The van der Waals surface area contributed by atoms with E-state index in [4.69, 9.17) is 0 Å². The summed E-state index contributed by atoms with van der Waals surface area (Å²) in [5, 5.41) is 20.8. The Kier molecular flexibility index (Phi) is 4.83. The number of hydrogen-bond acceptors (Lipinski definition) is 5. The number of aliphatic hydroxyl groups is 1. The van der Waals surface area contributed by atoms with Crippen LogP contribution in [0.1, 0.15) is 22.7 Å². The number of Topliss-reactive ketones (excluding diaryl/α,β-unsaturated/α-hetero) is 1. The first-order valence-corrected chi connectivity index (χ1v) is 9.08. The number of phenols is 1. The number of rotatable bonds is 4. The van der Waals surface area contributed by atoms with Gasteiger partial charge in [0.25, 0.3) is 11.7 Å². The zero-order valence-electron chi connectivity index (χ0n) is 15.4. The van der Waals surface area contributed by atoms with Gasteiger partial charge in [0.2, 0.25) is 0 Å². The smallest absolute Gasteiger partial charge is 0.295 e. The van der Waals surface area contributed by atoms with Crippen LogP contribution in [-0.2, 0) is 16.1 Å². The number of hydrogen-bond donors (Lipinski definition) is 2. The Labute approximate surface area is 167 Å². The van der Waals surface area contributed by atoms with E-state index in [9.17, 15) is 19.8 Å². The number of aromatic nitrogens is 1. The summed E-state index contributed by atoms with van der Waals surface area (Å²) in [6.45, 7) is 0.193. The number of phenolic OH excluding ortho intramolecular Hbond substituents is 1. The molecule has 29 heavy (non-hydrogen) atoms. The number of aliphatic hydroxyl groups excluding tert-OH is 1. The summed E-state index contributed by atoms with van der Waals surface area (Å²) in [5.74, 6) is -1.72. The van der Waals surface area contributed by atoms with Crippen LogP contribution in [0.25, 0.3) is 5.76 Å². The molecular formula is C23H18N2O4. The maximum absolute atomic E-state index is 12.9. The van der Waals surface area contributed by atoms with Crippen LogP contribution in [0.5, 0.6) is 5.75 Å². The molecule has 2 aromatic carbocycles. The van der Waals surface area contributed by atoms with Gasteiger partial charge in [-0.15, -0.1) is 0 Å². The second-order valence-electron chi connectivity index (χ2n) is 6.74. The quantitative estimate of drug-likeness (QED) is 0.407. The van der Waals surface area contributed by atoms with Crippen molar-refractivity contribution in [2.45, 2.75) is 12.6 Å². The summed E-state index contributed by atoms with van der Waals surface area (Å²) in [4.78, 5) is 31.1. The highest BCUT2D eigenvalue weighted by molar-refractivity contribution is 6.46. The highest BCUT2D eigenvalue weighted by atomic mass is 16.3. The number of benzene rings is 2. The number of pyridine rings is 1. The lowest BCUT2D eigenvalue weighted by atomic mass is 9.95. The normalized spacial score (nSPS) is 18.2. The number of nitrogens with zero attached hydrogens (tertiary/aromatic N) is 2. The zero-order chi connectivity index (χ0) is 20.4. The number of carbonyl (C=O) groups excluding carboxylic acids is 2. The van der Waals surface area contributed by atoms with Crippen molar-refractivity contribution >= 4 is 17.4 Å². The maximum atomic E-state index is 12.9. The molecule has 0 radical (unpaired) electrons. The van der Waals surface area contributed by atoms with Crippen LogP contribution in [0.4, 0.5) is 0 Å². The first kappa shape index (κ1) is 18.4. The van der Waals surface area contributed by atoms with Crippen molar-refractivity contribution in [2.24, 2.45) is 0 Å². The lowest BCUT2D eigenvalue weighted by Crippen LogP contribution is -2.29. The predicted molar refractivity (Wildman–Crippen MR) is 107 cm³/mol. The Balaban J connectivity index is 1.87.